The summed E-state index contributed by atoms with van der Waals surface area (Å²) in [5.41, 5.74) is 24.2. The van der Waals surface area contributed by atoms with Gasteiger partial charge in [0.15, 0.2) is 0 Å². The van der Waals surface area contributed by atoms with Crippen LogP contribution in [0, 0.1) is 6.92 Å². The number of phenolic OH excluding ortho intramolecular Hbond substituents is 1. The van der Waals surface area contributed by atoms with Crippen molar-refractivity contribution in [3.05, 3.63) is 270 Å². The molecule has 635 valence electrons. The number of ether oxygens (including phenoxy) is 3. The number of carbonyl (C=O) groups is 1. The molecule has 0 saturated heterocycles. The number of carboxylic acid groups (broad SMARTS) is 1. The number of fused-ring (bicyclic) bond motifs is 24. The number of halogens is 3. The van der Waals surface area contributed by atoms with Crippen molar-refractivity contribution >= 4 is 182 Å². The minimum atomic E-state index is -1.37. The molecule has 0 aliphatic carbocycles. The van der Waals surface area contributed by atoms with Crippen molar-refractivity contribution in [1.82, 2.24) is 57.5 Å². The van der Waals surface area contributed by atoms with Gasteiger partial charge in [0, 0.05) is 98.3 Å². The standard InChI is InChI=1S/C26H25N3O.C25H23N3O.C15H10BrN3O.C15H11N3O.C12H19BO2.C2H4O2.CH3F.CH4.BHNS.BrH/c1-15(2)18-7-5-8-19(16(3)4)24(18)23-14-28-26-20-11-10-17(30)13-21(20)25-22(29(23)26)9-6-12-27-25;1-15(2)18-8-5-7-16(3)23(18)22-14-27-25-19-11-10-17(29-4)13-20(19)24-21(28(22)25)9-6-12-26-24;1-20-9-4-5-10-11(7-9)14-12(3-2-6-17-14)19-13(16)8-18-15(10)19;1-19-10-4-5-11-12(9-10)14-13(3-2-6-16-14)18-8-7-17-15(11)18;1-8(2)10-6-5-7-11(9(3)4)12(10)13(14)15;1-2(3)4;1-2;;1-2-3;/h5-16,30H,1-4H3;5-15H,1-4H3;2-8H,1H3;2-9H,1H3;5-9,14-15H,1-4H3;1H3,(H,3,4);1H3;1H4;3H;1H/i;;;;;;1D;;;. The number of carboxylic acids is 1. The van der Waals surface area contributed by atoms with Crippen LogP contribution in [0.25, 0.3) is 132 Å². The van der Waals surface area contributed by atoms with E-state index in [9.17, 15) is 19.5 Å². The topological polar surface area (TPSA) is 259 Å². The van der Waals surface area contributed by atoms with Gasteiger partial charge in [-0.05, 0) is 213 Å². The van der Waals surface area contributed by atoms with Gasteiger partial charge in [0.2, 0.25) is 0 Å². The molecule has 21 nitrogen and oxygen atoms in total. The van der Waals surface area contributed by atoms with Crippen molar-refractivity contribution in [2.45, 2.75) is 120 Å². The third kappa shape index (κ3) is 19.1. The molecule has 0 atom stereocenters. The molecule has 0 spiro atoms. The first kappa shape index (κ1) is 92.5. The quantitative estimate of drug-likeness (QED) is 0.0458. The zero-order valence-corrected chi connectivity index (χ0v) is 75.2. The van der Waals surface area contributed by atoms with E-state index in [1.807, 2.05) is 147 Å². The first-order valence-electron chi connectivity index (χ1n) is 40.4. The monoisotopic (exact) mass is 1810 g/mol. The molecule has 12 aromatic heterocycles. The van der Waals surface area contributed by atoms with Crippen molar-refractivity contribution in [2.24, 2.45) is 4.30 Å². The van der Waals surface area contributed by atoms with Crippen LogP contribution in [0.3, 0.4) is 0 Å². The van der Waals surface area contributed by atoms with Crippen LogP contribution in [0.5, 0.6) is 23.0 Å². The van der Waals surface area contributed by atoms with Gasteiger partial charge in [0.25, 0.3) is 5.97 Å². The SMILES string of the molecule is Br.C.CC(=O)O.CC(C)c1cccc(C(C)C)c1-c1cnc2c3ccc(O)cc3c3ncccc3n12.CC(C)c1cccc(C(C)C)c1B(O)O.COc1ccc2c(c1)c1ncccc1n1c(-c3c(C)cccc3C(C)C)cnc21.COc1ccc2c(c1)c1ncccc1n1c(Br)cnc21.COc1ccc2c(c1)c1ncccc1n1ccnc21.[2H]CF.[B]=NS. The van der Waals surface area contributed by atoms with Crippen molar-refractivity contribution in [3.8, 4) is 45.5 Å². The van der Waals surface area contributed by atoms with Crippen LogP contribution < -0.4 is 19.7 Å². The molecular formula is C97H101B2Br2FN13O8S. The Hall–Kier alpha value is -12.3. The number of aliphatic carboxylic acids is 1. The molecule has 124 heavy (non-hydrogen) atoms. The number of imidazole rings is 4. The van der Waals surface area contributed by atoms with Gasteiger partial charge >= 0.3 is 31.9 Å². The molecule has 0 aliphatic heterocycles. The van der Waals surface area contributed by atoms with Crippen molar-refractivity contribution in [3.63, 3.8) is 0 Å². The van der Waals surface area contributed by atoms with E-state index in [1.165, 1.54) is 33.4 Å². The van der Waals surface area contributed by atoms with E-state index in [4.69, 9.17) is 40.4 Å². The Balaban J connectivity index is 0.000000161. The van der Waals surface area contributed by atoms with Gasteiger partial charge in [-0.2, -0.15) is 0 Å². The van der Waals surface area contributed by atoms with Gasteiger partial charge in [0.1, 0.15) is 50.2 Å². The number of hydrogen-bond donors (Lipinski definition) is 5. The summed E-state index contributed by atoms with van der Waals surface area (Å²) >= 11 is 6.74. The van der Waals surface area contributed by atoms with Gasteiger partial charge in [0.05, 0.1) is 104 Å². The molecule has 19 rings (SSSR count). The maximum atomic E-state index is 10.1. The van der Waals surface area contributed by atoms with Gasteiger partial charge in [-0.15, -0.1) is 17.0 Å². The molecule has 4 N–H and O–H groups in total. The molecule has 0 fully saturated rings. The number of rotatable bonds is 11. The first-order chi connectivity index (χ1) is 59.2. The molecule has 27 heteroatoms. The van der Waals surface area contributed by atoms with E-state index >= 15 is 0 Å². The zero-order chi connectivity index (χ0) is 88.2. The van der Waals surface area contributed by atoms with Gasteiger partial charge < -0.3 is 34.5 Å². The zero-order valence-electron chi connectivity index (χ0n) is 72.0. The summed E-state index contributed by atoms with van der Waals surface area (Å²) in [4.78, 5) is 46.1. The predicted octanol–water partition coefficient (Wildman–Crippen LogP) is 23.3. The summed E-state index contributed by atoms with van der Waals surface area (Å²) in [5.74, 6) is 3.69. The number of thiol groups is 1. The minimum absolute atomic E-state index is 0. The molecule has 0 unspecified atom stereocenters. The van der Waals surface area contributed by atoms with Crippen LogP contribution in [0.1, 0.15) is 148 Å². The average molecular weight is 1810 g/mol. The number of aromatic nitrogens is 12. The van der Waals surface area contributed by atoms with Crippen LogP contribution >= 0.6 is 45.7 Å². The maximum absolute atomic E-state index is 10.1. The second-order valence-corrected chi connectivity index (χ2v) is 31.4. The van der Waals surface area contributed by atoms with Crippen LogP contribution in [-0.4, -0.2) is 127 Å². The molecule has 12 heterocycles. The Morgan fingerprint density at radius 3 is 1.21 bits per heavy atom. The van der Waals surface area contributed by atoms with Crippen molar-refractivity contribution in [1.29, 1.82) is 0 Å². The number of benzene rings is 7. The van der Waals surface area contributed by atoms with E-state index in [1.54, 1.807) is 45.9 Å². The van der Waals surface area contributed by atoms with Crippen LogP contribution in [0.4, 0.5) is 4.39 Å². The van der Waals surface area contributed by atoms with E-state index in [0.29, 0.717) is 35.1 Å². The van der Waals surface area contributed by atoms with Crippen molar-refractivity contribution < 1.29 is 45.0 Å². The molecule has 19 aromatic rings. The number of aromatic hydroxyl groups is 1. The van der Waals surface area contributed by atoms with Crippen molar-refractivity contribution in [2.75, 3.05) is 28.5 Å². The summed E-state index contributed by atoms with van der Waals surface area (Å²) in [6.45, 7) is 24.9. The second kappa shape index (κ2) is 41.7. The van der Waals surface area contributed by atoms with Gasteiger partial charge in [-0.25, -0.2) is 19.9 Å². The van der Waals surface area contributed by atoms with Gasteiger partial charge in [-0.3, -0.25) is 46.7 Å². The fourth-order valence-corrected chi connectivity index (χ4v) is 16.3. The van der Waals surface area contributed by atoms with E-state index < -0.39 is 20.2 Å². The Labute approximate surface area is 747 Å². The van der Waals surface area contributed by atoms with Crippen LogP contribution in [0.15, 0.2) is 241 Å². The predicted molar refractivity (Wildman–Crippen MR) is 518 cm³/mol. The third-order valence-electron chi connectivity index (χ3n) is 21.2. The Kier molecular flexibility index (Phi) is 31.1. The summed E-state index contributed by atoms with van der Waals surface area (Å²) in [6, 6.07) is 58.7. The molecule has 0 saturated carbocycles. The summed E-state index contributed by atoms with van der Waals surface area (Å²) in [7, 11) is 6.99. The third-order valence-corrected chi connectivity index (χ3v) is 21.7. The molecule has 0 amide bonds. The second-order valence-electron chi connectivity index (χ2n) is 30.4. The molecule has 7 aromatic carbocycles. The molecule has 1 radical (unpaired) electrons. The Morgan fingerprint density at radius 2 is 0.806 bits per heavy atom. The average Bonchev–Trinajstić information content (AvgIpc) is 1.63. The Morgan fingerprint density at radius 1 is 0.476 bits per heavy atom. The number of phenols is 1. The molecular weight excluding hydrogens is 1710 g/mol. The number of aryl methyl sites for hydroxylation is 1. The van der Waals surface area contributed by atoms with E-state index in [-0.39, 0.29) is 30.2 Å². The van der Waals surface area contributed by atoms with E-state index in [0.717, 1.165) is 161 Å². The number of methoxy groups -OCH3 is 3. The number of hydrogen-bond acceptors (Lipinski definition) is 17. The summed E-state index contributed by atoms with van der Waals surface area (Å²) in [5, 5.41) is 44.7. The normalized spacial score (nSPS) is 11.1. The molecule has 0 aliphatic rings. The van der Waals surface area contributed by atoms with E-state index in [2.05, 4.69) is 220 Å². The summed E-state index contributed by atoms with van der Waals surface area (Å²) < 4.78 is 43.8. The Bertz CT molecular complexity index is 7020. The fourth-order valence-electron chi connectivity index (χ4n) is 15.8. The van der Waals surface area contributed by atoms with Gasteiger partial charge in [-0.1, -0.05) is 131 Å². The fraction of sp³-hybridized carbons (Fsp3) is 0.227. The number of alkyl halides is 1. The number of nitrogens with zero attached hydrogens (tertiary/aromatic N) is 13. The molecule has 0 bridgehead atoms. The number of pyridine rings is 8. The first-order valence-corrected chi connectivity index (χ1v) is 40.9. The van der Waals surface area contributed by atoms with Crippen LogP contribution in [0.2, 0.25) is 0 Å². The van der Waals surface area contributed by atoms with Crippen LogP contribution in [-0.2, 0) is 4.79 Å². The summed E-state index contributed by atoms with van der Waals surface area (Å²) in [6.07, 6.45) is 16.8.